The van der Waals surface area contributed by atoms with Gasteiger partial charge in [0.25, 0.3) is 0 Å². The van der Waals surface area contributed by atoms with Gasteiger partial charge in [-0.3, -0.25) is 0 Å². The predicted octanol–water partition coefficient (Wildman–Crippen LogP) is 3.77. The molecule has 0 radical (unpaired) electrons. The van der Waals surface area contributed by atoms with Crippen LogP contribution in [-0.4, -0.2) is 19.6 Å². The van der Waals surface area contributed by atoms with Crippen LogP contribution in [0.3, 0.4) is 0 Å². The molecule has 0 fully saturated rings. The van der Waals surface area contributed by atoms with Crippen molar-refractivity contribution >= 4 is 5.65 Å². The van der Waals surface area contributed by atoms with Crippen molar-refractivity contribution in [2.24, 2.45) is 0 Å². The second-order valence-electron chi connectivity index (χ2n) is 5.20. The highest BCUT2D eigenvalue weighted by atomic mass is 15.3. The molecule has 4 rings (SSSR count). The summed E-state index contributed by atoms with van der Waals surface area (Å²) in [6, 6.07) is 20.2. The van der Waals surface area contributed by atoms with Crippen molar-refractivity contribution in [3.8, 4) is 22.8 Å². The summed E-state index contributed by atoms with van der Waals surface area (Å²) >= 11 is 0. The van der Waals surface area contributed by atoms with Gasteiger partial charge in [0.2, 0.25) is 0 Å². The monoisotopic (exact) mass is 286 g/mol. The Hall–Kier alpha value is -3.01. The molecule has 0 bridgehead atoms. The Morgan fingerprint density at radius 1 is 0.773 bits per heavy atom. The third-order valence-electron chi connectivity index (χ3n) is 3.60. The molecule has 2 aromatic carbocycles. The molecule has 2 heterocycles. The highest BCUT2D eigenvalue weighted by molar-refractivity contribution is 5.65. The highest BCUT2D eigenvalue weighted by Gasteiger charge is 2.11. The summed E-state index contributed by atoms with van der Waals surface area (Å²) < 4.78 is 1.77. The largest absolute Gasteiger partial charge is 0.209 e. The molecule has 0 spiro atoms. The number of rotatable bonds is 2. The van der Waals surface area contributed by atoms with Gasteiger partial charge in [-0.15, -0.1) is 0 Å². The van der Waals surface area contributed by atoms with Gasteiger partial charge >= 0.3 is 0 Å². The first-order chi connectivity index (χ1) is 10.8. The van der Waals surface area contributed by atoms with Crippen molar-refractivity contribution in [3.63, 3.8) is 0 Å². The quantitative estimate of drug-likeness (QED) is 0.563. The van der Waals surface area contributed by atoms with Crippen LogP contribution in [0, 0.1) is 6.92 Å². The first-order valence-corrected chi connectivity index (χ1v) is 7.15. The topological polar surface area (TPSA) is 43.1 Å². The fourth-order valence-corrected chi connectivity index (χ4v) is 2.43. The number of aromatic nitrogens is 4. The zero-order valence-electron chi connectivity index (χ0n) is 12.1. The van der Waals surface area contributed by atoms with E-state index in [0.717, 1.165) is 22.6 Å². The number of hydrogen-bond donors (Lipinski definition) is 0. The molecule has 106 valence electrons. The maximum Gasteiger partial charge on any atom is 0.165 e. The number of aryl methyl sites for hydroxylation is 1. The molecular formula is C18H14N4. The molecule has 0 aliphatic carbocycles. The SMILES string of the molecule is Cc1ccc(-c2nc(-c3ccccc3)nc3ccnn23)cc1. The van der Waals surface area contributed by atoms with Crippen LogP contribution in [-0.2, 0) is 0 Å². The van der Waals surface area contributed by atoms with Crippen LogP contribution in [0.1, 0.15) is 5.56 Å². The Bertz CT molecular complexity index is 924. The average Bonchev–Trinajstić information content (AvgIpc) is 3.04. The van der Waals surface area contributed by atoms with Gasteiger partial charge in [0.1, 0.15) is 0 Å². The van der Waals surface area contributed by atoms with Crippen LogP contribution in [0.15, 0.2) is 66.9 Å². The third-order valence-corrected chi connectivity index (χ3v) is 3.60. The summed E-state index contributed by atoms with van der Waals surface area (Å²) in [5.74, 6) is 1.51. The molecule has 22 heavy (non-hydrogen) atoms. The van der Waals surface area contributed by atoms with Crippen LogP contribution in [0.5, 0.6) is 0 Å². The smallest absolute Gasteiger partial charge is 0.165 e. The summed E-state index contributed by atoms with van der Waals surface area (Å²) in [6.45, 7) is 2.07. The normalized spacial score (nSPS) is 11.0. The molecule has 4 aromatic rings. The third kappa shape index (κ3) is 2.15. The Labute approximate surface area is 128 Å². The molecule has 0 aliphatic rings. The molecule has 0 amide bonds. The van der Waals surface area contributed by atoms with Crippen molar-refractivity contribution in [3.05, 3.63) is 72.4 Å². The minimum atomic E-state index is 0.712. The second-order valence-corrected chi connectivity index (χ2v) is 5.20. The van der Waals surface area contributed by atoms with Crippen molar-refractivity contribution in [1.29, 1.82) is 0 Å². The molecule has 2 aromatic heterocycles. The van der Waals surface area contributed by atoms with E-state index in [1.54, 1.807) is 10.7 Å². The predicted molar refractivity (Wildman–Crippen MR) is 86.4 cm³/mol. The Morgan fingerprint density at radius 3 is 2.32 bits per heavy atom. The molecule has 0 unspecified atom stereocenters. The summed E-state index contributed by atoms with van der Waals surface area (Å²) in [5.41, 5.74) is 4.04. The van der Waals surface area contributed by atoms with Crippen LogP contribution < -0.4 is 0 Å². The summed E-state index contributed by atoms with van der Waals surface area (Å²) in [7, 11) is 0. The van der Waals surface area contributed by atoms with E-state index in [1.165, 1.54) is 5.56 Å². The van der Waals surface area contributed by atoms with Gasteiger partial charge < -0.3 is 0 Å². The van der Waals surface area contributed by atoms with Crippen LogP contribution >= 0.6 is 0 Å². The summed E-state index contributed by atoms with van der Waals surface area (Å²) in [5, 5.41) is 4.34. The maximum absolute atomic E-state index is 4.73. The fourth-order valence-electron chi connectivity index (χ4n) is 2.43. The minimum absolute atomic E-state index is 0.712. The molecule has 0 aliphatic heterocycles. The van der Waals surface area contributed by atoms with Gasteiger partial charge in [0.15, 0.2) is 17.3 Å². The van der Waals surface area contributed by atoms with E-state index in [1.807, 2.05) is 36.4 Å². The van der Waals surface area contributed by atoms with Gasteiger partial charge in [0.05, 0.1) is 6.20 Å². The first kappa shape index (κ1) is 12.7. The minimum Gasteiger partial charge on any atom is -0.209 e. The number of nitrogens with zero attached hydrogens (tertiary/aromatic N) is 4. The Kier molecular flexibility index (Phi) is 2.93. The molecule has 0 atom stereocenters. The van der Waals surface area contributed by atoms with E-state index < -0.39 is 0 Å². The molecule has 4 heteroatoms. The second kappa shape index (κ2) is 5.07. The van der Waals surface area contributed by atoms with Gasteiger partial charge in [-0.25, -0.2) is 9.97 Å². The lowest BCUT2D eigenvalue weighted by atomic mass is 10.1. The Balaban J connectivity index is 1.97. The number of benzene rings is 2. The van der Waals surface area contributed by atoms with E-state index in [2.05, 4.69) is 41.3 Å². The van der Waals surface area contributed by atoms with Crippen LogP contribution in [0.25, 0.3) is 28.4 Å². The standard InChI is InChI=1S/C18H14N4/c1-13-7-9-15(10-8-13)18-21-17(14-5-3-2-4-6-14)20-16-11-12-19-22(16)18/h2-12H,1H3. The van der Waals surface area contributed by atoms with E-state index in [-0.39, 0.29) is 0 Å². The lowest BCUT2D eigenvalue weighted by Gasteiger charge is -2.07. The van der Waals surface area contributed by atoms with E-state index in [9.17, 15) is 0 Å². The molecule has 0 saturated carbocycles. The fraction of sp³-hybridized carbons (Fsp3) is 0.0556. The van der Waals surface area contributed by atoms with E-state index in [4.69, 9.17) is 4.98 Å². The van der Waals surface area contributed by atoms with Crippen molar-refractivity contribution in [2.75, 3.05) is 0 Å². The number of hydrogen-bond acceptors (Lipinski definition) is 3. The van der Waals surface area contributed by atoms with Crippen LogP contribution in [0.2, 0.25) is 0 Å². The maximum atomic E-state index is 4.73. The zero-order valence-corrected chi connectivity index (χ0v) is 12.1. The van der Waals surface area contributed by atoms with Gasteiger partial charge in [-0.1, -0.05) is 60.2 Å². The molecular weight excluding hydrogens is 272 g/mol. The van der Waals surface area contributed by atoms with Gasteiger partial charge in [-0.05, 0) is 6.92 Å². The zero-order chi connectivity index (χ0) is 14.9. The average molecular weight is 286 g/mol. The first-order valence-electron chi connectivity index (χ1n) is 7.15. The van der Waals surface area contributed by atoms with Crippen molar-refractivity contribution < 1.29 is 0 Å². The Morgan fingerprint density at radius 2 is 1.55 bits per heavy atom. The van der Waals surface area contributed by atoms with E-state index in [0.29, 0.717) is 5.82 Å². The van der Waals surface area contributed by atoms with Gasteiger partial charge in [0, 0.05) is 17.2 Å². The lowest BCUT2D eigenvalue weighted by Crippen LogP contribution is -2.02. The number of fused-ring (bicyclic) bond motifs is 1. The van der Waals surface area contributed by atoms with Crippen LogP contribution in [0.4, 0.5) is 0 Å². The molecule has 4 nitrogen and oxygen atoms in total. The van der Waals surface area contributed by atoms with Crippen molar-refractivity contribution in [2.45, 2.75) is 6.92 Å². The lowest BCUT2D eigenvalue weighted by molar-refractivity contribution is 0.907. The van der Waals surface area contributed by atoms with Gasteiger partial charge in [-0.2, -0.15) is 9.61 Å². The molecule has 0 saturated heterocycles. The summed E-state index contributed by atoms with van der Waals surface area (Å²) in [6.07, 6.45) is 1.75. The summed E-state index contributed by atoms with van der Waals surface area (Å²) in [4.78, 5) is 9.33. The highest BCUT2D eigenvalue weighted by Crippen LogP contribution is 2.22. The van der Waals surface area contributed by atoms with Crippen molar-refractivity contribution in [1.82, 2.24) is 19.6 Å². The van der Waals surface area contributed by atoms with E-state index >= 15 is 0 Å². The molecule has 0 N–H and O–H groups in total.